The lowest BCUT2D eigenvalue weighted by Gasteiger charge is -2.07. The van der Waals surface area contributed by atoms with E-state index in [1.54, 1.807) is 18.2 Å². The number of hydrogen-bond donors (Lipinski definition) is 0. The summed E-state index contributed by atoms with van der Waals surface area (Å²) in [6, 6.07) is 5.07. The van der Waals surface area contributed by atoms with E-state index in [0.717, 1.165) is 10.8 Å². The zero-order valence-corrected chi connectivity index (χ0v) is 11.0. The molecule has 0 fully saturated rings. The monoisotopic (exact) mass is 300 g/mol. The summed E-state index contributed by atoms with van der Waals surface area (Å²) in [5.41, 5.74) is 0.582. The maximum absolute atomic E-state index is 10.8. The summed E-state index contributed by atoms with van der Waals surface area (Å²) in [6.45, 7) is 0.425. The van der Waals surface area contributed by atoms with Crippen molar-refractivity contribution in [1.29, 1.82) is 0 Å². The molecule has 0 atom stereocenters. The van der Waals surface area contributed by atoms with Gasteiger partial charge < -0.3 is 9.47 Å². The third kappa shape index (κ3) is 4.56. The van der Waals surface area contributed by atoms with E-state index in [9.17, 15) is 9.59 Å². The number of esters is 1. The Balaban J connectivity index is 2.41. The van der Waals surface area contributed by atoms with Crippen molar-refractivity contribution in [2.45, 2.75) is 12.8 Å². The van der Waals surface area contributed by atoms with Gasteiger partial charge in [-0.2, -0.15) is 0 Å². The van der Waals surface area contributed by atoms with E-state index in [1.165, 1.54) is 7.11 Å². The Bertz CT molecular complexity index is 403. The quantitative estimate of drug-likeness (QED) is 0.460. The topological polar surface area (TPSA) is 52.6 Å². The molecular formula is C12H13BrO4. The Morgan fingerprint density at radius 2 is 2.24 bits per heavy atom. The molecular weight excluding hydrogens is 288 g/mol. The van der Waals surface area contributed by atoms with Crippen molar-refractivity contribution >= 4 is 28.2 Å². The summed E-state index contributed by atoms with van der Waals surface area (Å²) < 4.78 is 10.7. The Morgan fingerprint density at radius 3 is 2.82 bits per heavy atom. The van der Waals surface area contributed by atoms with Gasteiger partial charge in [-0.05, 0) is 40.5 Å². The molecule has 0 saturated heterocycles. The van der Waals surface area contributed by atoms with Crippen LogP contribution in [0.25, 0.3) is 0 Å². The standard InChI is InChI=1S/C12H13BrO4/c1-16-12(15)3-2-6-17-11-5-4-9(8-14)7-10(11)13/h4-5,7-8H,2-3,6H2,1H3. The fourth-order valence-corrected chi connectivity index (χ4v) is 1.72. The minimum atomic E-state index is -0.246. The van der Waals surface area contributed by atoms with Crippen LogP contribution in [0.4, 0.5) is 0 Å². The first-order valence-corrected chi connectivity index (χ1v) is 5.91. The molecule has 0 aromatic heterocycles. The van der Waals surface area contributed by atoms with Crippen LogP contribution in [-0.2, 0) is 9.53 Å². The van der Waals surface area contributed by atoms with Gasteiger partial charge in [0, 0.05) is 12.0 Å². The molecule has 0 radical (unpaired) electrons. The minimum Gasteiger partial charge on any atom is -0.492 e. The van der Waals surface area contributed by atoms with Gasteiger partial charge in [-0.3, -0.25) is 9.59 Å². The third-order valence-electron chi connectivity index (χ3n) is 2.10. The Kier molecular flexibility index (Phi) is 5.69. The van der Waals surface area contributed by atoms with E-state index in [0.29, 0.717) is 30.8 Å². The molecule has 0 unspecified atom stereocenters. The number of hydrogen-bond acceptors (Lipinski definition) is 4. The number of halogens is 1. The summed E-state index contributed by atoms with van der Waals surface area (Å²) in [7, 11) is 1.36. The molecule has 5 heteroatoms. The van der Waals surface area contributed by atoms with Crippen molar-refractivity contribution in [2.75, 3.05) is 13.7 Å². The first kappa shape index (κ1) is 13.7. The van der Waals surface area contributed by atoms with Gasteiger partial charge in [-0.25, -0.2) is 0 Å². The average Bonchev–Trinajstić information content (AvgIpc) is 2.35. The van der Waals surface area contributed by atoms with Crippen molar-refractivity contribution in [3.8, 4) is 5.75 Å². The highest BCUT2D eigenvalue weighted by Crippen LogP contribution is 2.25. The molecule has 1 aromatic carbocycles. The largest absolute Gasteiger partial charge is 0.492 e. The molecule has 0 aliphatic rings. The molecule has 1 aromatic rings. The predicted octanol–water partition coefficient (Wildman–Crippen LogP) is 2.59. The number of carbonyl (C=O) groups is 2. The van der Waals surface area contributed by atoms with E-state index in [-0.39, 0.29) is 5.97 Å². The summed E-state index contributed by atoms with van der Waals surface area (Å²) in [4.78, 5) is 21.4. The van der Waals surface area contributed by atoms with Gasteiger partial charge in [0.2, 0.25) is 0 Å². The van der Waals surface area contributed by atoms with E-state index in [4.69, 9.17) is 4.74 Å². The van der Waals surface area contributed by atoms with E-state index >= 15 is 0 Å². The zero-order valence-electron chi connectivity index (χ0n) is 9.44. The summed E-state index contributed by atoms with van der Waals surface area (Å²) in [5, 5.41) is 0. The fourth-order valence-electron chi connectivity index (χ4n) is 1.21. The number of methoxy groups -OCH3 is 1. The lowest BCUT2D eigenvalue weighted by molar-refractivity contribution is -0.140. The minimum absolute atomic E-state index is 0.246. The molecule has 0 N–H and O–H groups in total. The summed E-state index contributed by atoms with van der Waals surface area (Å²) >= 11 is 3.31. The molecule has 1 rings (SSSR count). The molecule has 92 valence electrons. The first-order chi connectivity index (χ1) is 8.17. The number of rotatable bonds is 6. The first-order valence-electron chi connectivity index (χ1n) is 5.11. The summed E-state index contributed by atoms with van der Waals surface area (Å²) in [6.07, 6.45) is 1.70. The number of aldehydes is 1. The summed E-state index contributed by atoms with van der Waals surface area (Å²) in [5.74, 6) is 0.407. The van der Waals surface area contributed by atoms with Gasteiger partial charge in [-0.1, -0.05) is 0 Å². The normalized spacial score (nSPS) is 9.76. The van der Waals surface area contributed by atoms with Gasteiger partial charge in [0.25, 0.3) is 0 Å². The molecule has 0 saturated carbocycles. The fraction of sp³-hybridized carbons (Fsp3) is 0.333. The van der Waals surface area contributed by atoms with Gasteiger partial charge in [-0.15, -0.1) is 0 Å². The van der Waals surface area contributed by atoms with Crippen LogP contribution in [0, 0.1) is 0 Å². The Hall–Kier alpha value is -1.36. The molecule has 17 heavy (non-hydrogen) atoms. The lowest BCUT2D eigenvalue weighted by Crippen LogP contribution is -2.04. The highest BCUT2D eigenvalue weighted by molar-refractivity contribution is 9.10. The third-order valence-corrected chi connectivity index (χ3v) is 2.72. The van der Waals surface area contributed by atoms with Crippen molar-refractivity contribution in [3.05, 3.63) is 28.2 Å². The van der Waals surface area contributed by atoms with Crippen molar-refractivity contribution in [3.63, 3.8) is 0 Å². The molecule has 0 bridgehead atoms. The van der Waals surface area contributed by atoms with Gasteiger partial charge in [0.1, 0.15) is 12.0 Å². The maximum atomic E-state index is 10.8. The predicted molar refractivity (Wildman–Crippen MR) is 66.3 cm³/mol. The highest BCUT2D eigenvalue weighted by Gasteiger charge is 2.04. The molecule has 0 spiro atoms. The van der Waals surface area contributed by atoms with Crippen LogP contribution in [0.1, 0.15) is 23.2 Å². The molecule has 0 amide bonds. The van der Waals surface area contributed by atoms with Crippen molar-refractivity contribution < 1.29 is 19.1 Å². The van der Waals surface area contributed by atoms with Crippen molar-refractivity contribution in [1.82, 2.24) is 0 Å². The molecule has 0 aliphatic heterocycles. The van der Waals surface area contributed by atoms with E-state index in [1.807, 2.05) is 0 Å². The molecule has 0 aliphatic carbocycles. The maximum Gasteiger partial charge on any atom is 0.305 e. The number of carbonyl (C=O) groups excluding carboxylic acids is 2. The van der Waals surface area contributed by atoms with Crippen LogP contribution < -0.4 is 4.74 Å². The Labute approximate surface area is 108 Å². The van der Waals surface area contributed by atoms with Crippen molar-refractivity contribution in [2.24, 2.45) is 0 Å². The van der Waals surface area contributed by atoms with Crippen LogP contribution in [0.5, 0.6) is 5.75 Å². The molecule has 0 heterocycles. The SMILES string of the molecule is COC(=O)CCCOc1ccc(C=O)cc1Br. The number of ether oxygens (including phenoxy) is 2. The van der Waals surface area contributed by atoms with Gasteiger partial charge >= 0.3 is 5.97 Å². The highest BCUT2D eigenvalue weighted by atomic mass is 79.9. The zero-order chi connectivity index (χ0) is 12.7. The van der Waals surface area contributed by atoms with E-state index in [2.05, 4.69) is 20.7 Å². The number of benzene rings is 1. The van der Waals surface area contributed by atoms with Crippen LogP contribution in [-0.4, -0.2) is 26.0 Å². The van der Waals surface area contributed by atoms with Gasteiger partial charge in [0.15, 0.2) is 0 Å². The van der Waals surface area contributed by atoms with Crippen LogP contribution in [0.15, 0.2) is 22.7 Å². The van der Waals surface area contributed by atoms with Crippen LogP contribution >= 0.6 is 15.9 Å². The average molecular weight is 301 g/mol. The van der Waals surface area contributed by atoms with E-state index < -0.39 is 0 Å². The van der Waals surface area contributed by atoms with Crippen LogP contribution in [0.3, 0.4) is 0 Å². The lowest BCUT2D eigenvalue weighted by atomic mass is 10.2. The molecule has 4 nitrogen and oxygen atoms in total. The second-order valence-electron chi connectivity index (χ2n) is 3.34. The Morgan fingerprint density at radius 1 is 1.47 bits per heavy atom. The van der Waals surface area contributed by atoms with Crippen LogP contribution in [0.2, 0.25) is 0 Å². The second kappa shape index (κ2) is 7.06. The van der Waals surface area contributed by atoms with Gasteiger partial charge in [0.05, 0.1) is 18.2 Å². The smallest absolute Gasteiger partial charge is 0.305 e. The second-order valence-corrected chi connectivity index (χ2v) is 4.19.